The second-order valence-corrected chi connectivity index (χ2v) is 5.54. The van der Waals surface area contributed by atoms with Crippen molar-refractivity contribution in [2.75, 3.05) is 12.5 Å². The molecule has 1 fully saturated rings. The molecular weight excluding hydrogens is 224 g/mol. The first-order valence-electron chi connectivity index (χ1n) is 6.81. The summed E-state index contributed by atoms with van der Waals surface area (Å²) in [5.74, 6) is 6.89. The second kappa shape index (κ2) is 6.16. The zero-order valence-electron chi connectivity index (χ0n) is 11.4. The molecule has 0 aliphatic heterocycles. The maximum atomic E-state index is 5.31. The third kappa shape index (κ3) is 3.43. The Morgan fingerprint density at radius 3 is 2.89 bits per heavy atom. The maximum Gasteiger partial charge on any atom is 0.139 e. The van der Waals surface area contributed by atoms with Gasteiger partial charge in [0.15, 0.2) is 0 Å². The molecule has 1 aromatic heterocycles. The van der Waals surface area contributed by atoms with Gasteiger partial charge in [-0.1, -0.05) is 25.8 Å². The molecular formula is C14H24N4. The lowest BCUT2D eigenvalue weighted by atomic mass is 9.86. The summed E-state index contributed by atoms with van der Waals surface area (Å²) in [7, 11) is 2.22. The number of nitrogens with zero attached hydrogens (tertiary/aromatic N) is 2. The van der Waals surface area contributed by atoms with E-state index >= 15 is 0 Å². The minimum absolute atomic E-state index is 0.715. The summed E-state index contributed by atoms with van der Waals surface area (Å²) in [6.45, 7) is 3.33. The third-order valence-electron chi connectivity index (χ3n) is 3.94. The lowest BCUT2D eigenvalue weighted by Gasteiger charge is -2.34. The van der Waals surface area contributed by atoms with Gasteiger partial charge < -0.3 is 5.43 Å². The molecule has 0 spiro atoms. The molecule has 4 heteroatoms. The van der Waals surface area contributed by atoms with Gasteiger partial charge in [0.2, 0.25) is 0 Å². The Labute approximate surface area is 110 Å². The minimum atomic E-state index is 0.715. The summed E-state index contributed by atoms with van der Waals surface area (Å²) in [6, 6.07) is 4.73. The van der Waals surface area contributed by atoms with Gasteiger partial charge >= 0.3 is 0 Å². The quantitative estimate of drug-likeness (QED) is 0.634. The summed E-state index contributed by atoms with van der Waals surface area (Å²) >= 11 is 0. The van der Waals surface area contributed by atoms with Gasteiger partial charge in [-0.05, 0) is 37.4 Å². The Morgan fingerprint density at radius 2 is 2.28 bits per heavy atom. The molecule has 0 radical (unpaired) electrons. The summed E-state index contributed by atoms with van der Waals surface area (Å²) in [5.41, 5.74) is 3.80. The first-order valence-corrected chi connectivity index (χ1v) is 6.81. The fourth-order valence-corrected chi connectivity index (χ4v) is 2.82. The Hall–Kier alpha value is -1.13. The van der Waals surface area contributed by atoms with Crippen LogP contribution in [0, 0.1) is 5.92 Å². The van der Waals surface area contributed by atoms with Gasteiger partial charge in [0.1, 0.15) is 5.82 Å². The molecule has 2 unspecified atom stereocenters. The Balaban J connectivity index is 1.91. The average molecular weight is 248 g/mol. The summed E-state index contributed by atoms with van der Waals surface area (Å²) in [4.78, 5) is 6.71. The van der Waals surface area contributed by atoms with Gasteiger partial charge in [-0.3, -0.25) is 4.90 Å². The largest absolute Gasteiger partial charge is 0.308 e. The molecule has 1 saturated carbocycles. The molecule has 1 heterocycles. The van der Waals surface area contributed by atoms with Crippen LogP contribution < -0.4 is 11.3 Å². The fraction of sp³-hybridized carbons (Fsp3) is 0.643. The molecule has 100 valence electrons. The zero-order chi connectivity index (χ0) is 13.0. The van der Waals surface area contributed by atoms with Crippen LogP contribution >= 0.6 is 0 Å². The van der Waals surface area contributed by atoms with Crippen LogP contribution in [0.2, 0.25) is 0 Å². The molecule has 3 N–H and O–H groups in total. The van der Waals surface area contributed by atoms with E-state index < -0.39 is 0 Å². The highest BCUT2D eigenvalue weighted by Gasteiger charge is 2.22. The summed E-state index contributed by atoms with van der Waals surface area (Å²) < 4.78 is 0. The van der Waals surface area contributed by atoms with E-state index in [2.05, 4.69) is 35.3 Å². The first-order chi connectivity index (χ1) is 8.69. The number of nitrogen functional groups attached to an aromatic ring is 1. The van der Waals surface area contributed by atoms with E-state index in [-0.39, 0.29) is 0 Å². The fourth-order valence-electron chi connectivity index (χ4n) is 2.82. The normalized spacial score (nSPS) is 24.2. The number of rotatable bonds is 4. The zero-order valence-corrected chi connectivity index (χ0v) is 11.4. The van der Waals surface area contributed by atoms with E-state index in [4.69, 9.17) is 5.84 Å². The van der Waals surface area contributed by atoms with Gasteiger partial charge in [-0.15, -0.1) is 0 Å². The molecule has 2 atom stereocenters. The number of nitrogens with two attached hydrogens (primary N) is 1. The highest BCUT2D eigenvalue weighted by atomic mass is 15.2. The molecule has 1 aromatic rings. The number of pyridine rings is 1. The van der Waals surface area contributed by atoms with Crippen LogP contribution in [0.3, 0.4) is 0 Å². The monoisotopic (exact) mass is 248 g/mol. The van der Waals surface area contributed by atoms with Crippen LogP contribution in [0.25, 0.3) is 0 Å². The molecule has 4 nitrogen and oxygen atoms in total. The van der Waals surface area contributed by atoms with E-state index in [0.29, 0.717) is 5.82 Å². The van der Waals surface area contributed by atoms with Crippen molar-refractivity contribution in [2.24, 2.45) is 11.8 Å². The van der Waals surface area contributed by atoms with Crippen molar-refractivity contribution in [1.82, 2.24) is 9.88 Å². The predicted octanol–water partition coefficient (Wildman–Crippen LogP) is 2.38. The van der Waals surface area contributed by atoms with E-state index in [0.717, 1.165) is 18.5 Å². The Kier molecular flexibility index (Phi) is 4.55. The minimum Gasteiger partial charge on any atom is -0.308 e. The van der Waals surface area contributed by atoms with Crippen molar-refractivity contribution >= 4 is 5.82 Å². The number of hydrazine groups is 1. The van der Waals surface area contributed by atoms with Crippen LogP contribution in [0.5, 0.6) is 0 Å². The van der Waals surface area contributed by atoms with Crippen LogP contribution in [0.4, 0.5) is 5.82 Å². The van der Waals surface area contributed by atoms with Crippen molar-refractivity contribution in [3.8, 4) is 0 Å². The highest BCUT2D eigenvalue weighted by molar-refractivity contribution is 5.33. The maximum absolute atomic E-state index is 5.31. The van der Waals surface area contributed by atoms with Gasteiger partial charge in [0.05, 0.1) is 0 Å². The lowest BCUT2D eigenvalue weighted by molar-refractivity contribution is 0.157. The second-order valence-electron chi connectivity index (χ2n) is 5.54. The van der Waals surface area contributed by atoms with Gasteiger partial charge in [0.25, 0.3) is 0 Å². The standard InChI is InChI=1S/C14H24N4/c1-11-4-3-5-13(8-11)18(2)10-12-6-7-14(17-15)16-9-12/h6-7,9,11,13H,3-5,8,10,15H2,1-2H3,(H,16,17). The molecule has 18 heavy (non-hydrogen) atoms. The summed E-state index contributed by atoms with van der Waals surface area (Å²) in [5, 5.41) is 0. The van der Waals surface area contributed by atoms with E-state index in [1.54, 1.807) is 0 Å². The molecule has 1 aliphatic carbocycles. The first kappa shape index (κ1) is 13.3. The number of anilines is 1. The van der Waals surface area contributed by atoms with Gasteiger partial charge in [0, 0.05) is 18.8 Å². The molecule has 0 bridgehead atoms. The number of aromatic nitrogens is 1. The van der Waals surface area contributed by atoms with E-state index in [1.165, 1.54) is 31.2 Å². The molecule has 1 aliphatic rings. The SMILES string of the molecule is CC1CCCC(N(C)Cc2ccc(NN)nc2)C1. The predicted molar refractivity (Wildman–Crippen MR) is 74.9 cm³/mol. The smallest absolute Gasteiger partial charge is 0.139 e. The van der Waals surface area contributed by atoms with Crippen LogP contribution in [0.1, 0.15) is 38.2 Å². The van der Waals surface area contributed by atoms with Crippen molar-refractivity contribution in [3.05, 3.63) is 23.9 Å². The lowest BCUT2D eigenvalue weighted by Crippen LogP contribution is -2.35. The van der Waals surface area contributed by atoms with Crippen LogP contribution in [-0.2, 0) is 6.54 Å². The van der Waals surface area contributed by atoms with Crippen molar-refractivity contribution in [1.29, 1.82) is 0 Å². The third-order valence-corrected chi connectivity index (χ3v) is 3.94. The summed E-state index contributed by atoms with van der Waals surface area (Å²) in [6.07, 6.45) is 7.31. The van der Waals surface area contributed by atoms with Crippen molar-refractivity contribution in [3.63, 3.8) is 0 Å². The highest BCUT2D eigenvalue weighted by Crippen LogP contribution is 2.27. The molecule has 0 saturated heterocycles. The Bertz CT molecular complexity index is 363. The number of nitrogens with one attached hydrogen (secondary N) is 1. The average Bonchev–Trinajstić information content (AvgIpc) is 2.39. The van der Waals surface area contributed by atoms with Crippen LogP contribution in [0.15, 0.2) is 18.3 Å². The number of hydrogen-bond acceptors (Lipinski definition) is 4. The molecule has 0 amide bonds. The van der Waals surface area contributed by atoms with Gasteiger partial charge in [-0.2, -0.15) is 0 Å². The number of hydrogen-bond donors (Lipinski definition) is 2. The van der Waals surface area contributed by atoms with E-state index in [1.807, 2.05) is 12.3 Å². The van der Waals surface area contributed by atoms with E-state index in [9.17, 15) is 0 Å². The van der Waals surface area contributed by atoms with Crippen LogP contribution in [-0.4, -0.2) is 23.0 Å². The Morgan fingerprint density at radius 1 is 1.44 bits per heavy atom. The van der Waals surface area contributed by atoms with Crippen molar-refractivity contribution < 1.29 is 0 Å². The molecule has 2 rings (SSSR count). The topological polar surface area (TPSA) is 54.2 Å². The van der Waals surface area contributed by atoms with Gasteiger partial charge in [-0.25, -0.2) is 10.8 Å². The van der Waals surface area contributed by atoms with Crippen molar-refractivity contribution in [2.45, 2.75) is 45.2 Å². The molecule has 0 aromatic carbocycles.